The minimum atomic E-state index is -4.45. The molecule has 1 N–H and O–H groups in total. The van der Waals surface area contributed by atoms with Crippen molar-refractivity contribution in [2.24, 2.45) is 0 Å². The van der Waals surface area contributed by atoms with Gasteiger partial charge in [0.1, 0.15) is 18.2 Å². The summed E-state index contributed by atoms with van der Waals surface area (Å²) < 4.78 is 45.3. The molecule has 8 heteroatoms. The van der Waals surface area contributed by atoms with Crippen LogP contribution in [0.2, 0.25) is 5.02 Å². The first kappa shape index (κ1) is 24.0. The van der Waals surface area contributed by atoms with E-state index in [9.17, 15) is 13.2 Å². The van der Waals surface area contributed by atoms with Gasteiger partial charge >= 0.3 is 6.18 Å². The van der Waals surface area contributed by atoms with Crippen molar-refractivity contribution in [3.8, 4) is 17.1 Å². The lowest BCUT2D eigenvalue weighted by Crippen LogP contribution is -2.10. The molecule has 0 bridgehead atoms. The van der Waals surface area contributed by atoms with Crippen LogP contribution < -0.4 is 4.74 Å². The van der Waals surface area contributed by atoms with Crippen molar-refractivity contribution in [1.29, 1.82) is 0 Å². The molecule has 0 radical (unpaired) electrons. The van der Waals surface area contributed by atoms with Gasteiger partial charge in [0, 0.05) is 11.1 Å². The van der Waals surface area contributed by atoms with Crippen molar-refractivity contribution in [3.63, 3.8) is 0 Å². The maximum Gasteiger partial charge on any atom is 0.416 e. The Morgan fingerprint density at radius 2 is 1.78 bits per heavy atom. The van der Waals surface area contributed by atoms with Crippen LogP contribution in [0.1, 0.15) is 36.5 Å². The molecule has 0 saturated carbocycles. The van der Waals surface area contributed by atoms with Crippen molar-refractivity contribution >= 4 is 35.0 Å². The molecule has 0 aliphatic carbocycles. The number of aromatic nitrogens is 2. The SMILES string of the molecule is CC(C)c1ccc2nc(-c3ccc(Cl)c(OCc4ccccc4C(F)(F)F)c3)[nH]c2c1.Cl. The van der Waals surface area contributed by atoms with Crippen LogP contribution in [0.15, 0.2) is 60.7 Å². The fourth-order valence-corrected chi connectivity index (χ4v) is 3.53. The van der Waals surface area contributed by atoms with Gasteiger partial charge in [0.15, 0.2) is 0 Å². The molecule has 0 spiro atoms. The first-order chi connectivity index (χ1) is 14.7. The molecule has 3 aromatic carbocycles. The second kappa shape index (κ2) is 9.43. The monoisotopic (exact) mass is 480 g/mol. The number of hydrogen-bond acceptors (Lipinski definition) is 2. The quantitative estimate of drug-likeness (QED) is 0.313. The van der Waals surface area contributed by atoms with E-state index in [-0.39, 0.29) is 24.6 Å². The van der Waals surface area contributed by atoms with Crippen molar-refractivity contribution in [2.75, 3.05) is 0 Å². The smallest absolute Gasteiger partial charge is 0.416 e. The molecule has 1 heterocycles. The van der Waals surface area contributed by atoms with E-state index in [0.717, 1.165) is 22.7 Å². The van der Waals surface area contributed by atoms with E-state index in [1.165, 1.54) is 17.7 Å². The summed E-state index contributed by atoms with van der Waals surface area (Å²) in [4.78, 5) is 7.91. The van der Waals surface area contributed by atoms with E-state index in [2.05, 4.69) is 29.9 Å². The standard InChI is InChI=1S/C24H20ClF3N2O.ClH/c1-14(2)15-8-10-20-21(11-15)30-23(29-20)16-7-9-19(25)22(12-16)31-13-17-5-3-4-6-18(17)24(26,27)28;/h3-12,14H,13H2,1-2H3,(H,29,30);1H. The molecule has 4 rings (SSSR count). The Morgan fingerprint density at radius 3 is 2.50 bits per heavy atom. The number of H-pyrrole nitrogens is 1. The van der Waals surface area contributed by atoms with Gasteiger partial charge in [0.25, 0.3) is 0 Å². The number of rotatable bonds is 5. The predicted octanol–water partition coefficient (Wildman–Crippen LogP) is 8.03. The minimum absolute atomic E-state index is 0. The van der Waals surface area contributed by atoms with Crippen molar-refractivity contribution in [2.45, 2.75) is 32.5 Å². The number of halogens is 5. The molecule has 0 atom stereocenters. The zero-order chi connectivity index (χ0) is 22.2. The van der Waals surface area contributed by atoms with Crippen LogP contribution in [0.25, 0.3) is 22.4 Å². The lowest BCUT2D eigenvalue weighted by atomic mass is 10.0. The van der Waals surface area contributed by atoms with Gasteiger partial charge in [0.05, 0.1) is 21.6 Å². The Labute approximate surface area is 195 Å². The van der Waals surface area contributed by atoms with E-state index >= 15 is 0 Å². The van der Waals surface area contributed by atoms with E-state index < -0.39 is 11.7 Å². The molecule has 0 unspecified atom stereocenters. The number of imidazole rings is 1. The Hall–Kier alpha value is -2.70. The molecule has 0 aliphatic rings. The summed E-state index contributed by atoms with van der Waals surface area (Å²) in [7, 11) is 0. The zero-order valence-electron chi connectivity index (χ0n) is 17.3. The molecular formula is C24H21Cl2F3N2O. The Balaban J connectivity index is 0.00000289. The van der Waals surface area contributed by atoms with Gasteiger partial charge in [0.2, 0.25) is 0 Å². The largest absolute Gasteiger partial charge is 0.487 e. The van der Waals surface area contributed by atoms with Crippen LogP contribution in [-0.2, 0) is 12.8 Å². The van der Waals surface area contributed by atoms with Crippen LogP contribution in [0.4, 0.5) is 13.2 Å². The number of ether oxygens (including phenoxy) is 1. The van der Waals surface area contributed by atoms with E-state index in [1.807, 2.05) is 12.1 Å². The first-order valence-corrected chi connectivity index (χ1v) is 10.2. The van der Waals surface area contributed by atoms with Gasteiger partial charge in [-0.05, 0) is 47.9 Å². The lowest BCUT2D eigenvalue weighted by Gasteiger charge is -2.14. The van der Waals surface area contributed by atoms with E-state index in [0.29, 0.717) is 22.5 Å². The molecule has 3 nitrogen and oxygen atoms in total. The highest BCUT2D eigenvalue weighted by Gasteiger charge is 2.33. The Morgan fingerprint density at radius 1 is 1.03 bits per heavy atom. The van der Waals surface area contributed by atoms with Gasteiger partial charge in [-0.15, -0.1) is 12.4 Å². The fraction of sp³-hybridized carbons (Fsp3) is 0.208. The third kappa shape index (κ3) is 5.03. The van der Waals surface area contributed by atoms with Crippen molar-refractivity contribution in [3.05, 3.63) is 82.4 Å². The molecule has 0 fully saturated rings. The number of aromatic amines is 1. The van der Waals surface area contributed by atoms with Crippen LogP contribution in [0, 0.1) is 0 Å². The van der Waals surface area contributed by atoms with Crippen molar-refractivity contribution in [1.82, 2.24) is 9.97 Å². The summed E-state index contributed by atoms with van der Waals surface area (Å²) in [6.45, 7) is 3.99. The second-order valence-electron chi connectivity index (χ2n) is 7.61. The number of nitrogens with zero attached hydrogens (tertiary/aromatic N) is 1. The topological polar surface area (TPSA) is 37.9 Å². The van der Waals surface area contributed by atoms with E-state index in [4.69, 9.17) is 16.3 Å². The zero-order valence-corrected chi connectivity index (χ0v) is 18.9. The summed E-state index contributed by atoms with van der Waals surface area (Å²) in [6, 6.07) is 16.5. The summed E-state index contributed by atoms with van der Waals surface area (Å²) in [5, 5.41) is 0.312. The van der Waals surface area contributed by atoms with Gasteiger partial charge < -0.3 is 9.72 Å². The number of nitrogens with one attached hydrogen (secondary N) is 1. The second-order valence-corrected chi connectivity index (χ2v) is 8.01. The number of fused-ring (bicyclic) bond motifs is 1. The summed E-state index contributed by atoms with van der Waals surface area (Å²) in [5.74, 6) is 1.32. The fourth-order valence-electron chi connectivity index (χ4n) is 3.36. The number of hydrogen-bond donors (Lipinski definition) is 1. The molecule has 0 amide bonds. The highest BCUT2D eigenvalue weighted by molar-refractivity contribution is 6.32. The molecule has 32 heavy (non-hydrogen) atoms. The average Bonchev–Trinajstić information content (AvgIpc) is 3.16. The van der Waals surface area contributed by atoms with Gasteiger partial charge in [-0.3, -0.25) is 0 Å². The maximum atomic E-state index is 13.2. The predicted molar refractivity (Wildman–Crippen MR) is 124 cm³/mol. The van der Waals surface area contributed by atoms with Gasteiger partial charge in [-0.25, -0.2) is 4.98 Å². The minimum Gasteiger partial charge on any atom is -0.487 e. The van der Waals surface area contributed by atoms with Crippen LogP contribution in [-0.4, -0.2) is 9.97 Å². The van der Waals surface area contributed by atoms with Gasteiger partial charge in [-0.1, -0.05) is 49.7 Å². The molecule has 0 saturated heterocycles. The highest BCUT2D eigenvalue weighted by atomic mass is 35.5. The molecule has 1 aromatic heterocycles. The normalized spacial score (nSPS) is 11.6. The van der Waals surface area contributed by atoms with Gasteiger partial charge in [-0.2, -0.15) is 13.2 Å². The van der Waals surface area contributed by atoms with Crippen LogP contribution in [0.3, 0.4) is 0 Å². The molecular weight excluding hydrogens is 460 g/mol. The number of benzene rings is 3. The first-order valence-electron chi connectivity index (χ1n) is 9.80. The van der Waals surface area contributed by atoms with E-state index in [1.54, 1.807) is 24.3 Å². The summed E-state index contributed by atoms with van der Waals surface area (Å²) in [6.07, 6.45) is -4.45. The third-order valence-corrected chi connectivity index (χ3v) is 5.40. The van der Waals surface area contributed by atoms with Crippen LogP contribution in [0.5, 0.6) is 5.75 Å². The summed E-state index contributed by atoms with van der Waals surface area (Å²) in [5.41, 5.74) is 2.99. The molecule has 4 aromatic rings. The lowest BCUT2D eigenvalue weighted by molar-refractivity contribution is -0.138. The molecule has 168 valence electrons. The third-order valence-electron chi connectivity index (χ3n) is 5.08. The average molecular weight is 481 g/mol. The van der Waals surface area contributed by atoms with Crippen LogP contribution >= 0.6 is 24.0 Å². The molecule has 0 aliphatic heterocycles. The Kier molecular flexibility index (Phi) is 7.06. The highest BCUT2D eigenvalue weighted by Crippen LogP contribution is 2.34. The van der Waals surface area contributed by atoms with Crippen molar-refractivity contribution < 1.29 is 17.9 Å². The number of alkyl halides is 3. The summed E-state index contributed by atoms with van der Waals surface area (Å²) >= 11 is 6.24. The Bertz CT molecular complexity index is 1240. The maximum absolute atomic E-state index is 13.2.